The average Bonchev–Trinajstić information content (AvgIpc) is 2.90. The molecule has 5 nitrogen and oxygen atoms in total. The molecule has 0 bridgehead atoms. The molecule has 1 aliphatic heterocycles. The van der Waals surface area contributed by atoms with Crippen LogP contribution in [-0.4, -0.2) is 30.2 Å². The summed E-state index contributed by atoms with van der Waals surface area (Å²) in [4.78, 5) is 32.9. The lowest BCUT2D eigenvalue weighted by molar-refractivity contribution is -0.127. The summed E-state index contributed by atoms with van der Waals surface area (Å²) in [5.74, 6) is -0.613. The molecule has 0 fully saturated rings. The van der Waals surface area contributed by atoms with E-state index in [-0.39, 0.29) is 18.2 Å². The fourth-order valence-corrected chi connectivity index (χ4v) is 4.48. The predicted molar refractivity (Wildman–Crippen MR) is 133 cm³/mol. The smallest absolute Gasteiger partial charge is 0.272 e. The molecular formula is C26H23Cl2N3O2. The Morgan fingerprint density at radius 1 is 1.00 bits per heavy atom. The Bertz CT molecular complexity index is 1190. The van der Waals surface area contributed by atoms with Gasteiger partial charge in [0.25, 0.3) is 5.91 Å². The van der Waals surface area contributed by atoms with E-state index in [2.05, 4.69) is 5.32 Å². The predicted octanol–water partition coefficient (Wildman–Crippen LogP) is 5.27. The van der Waals surface area contributed by atoms with Crippen LogP contribution in [0.15, 0.2) is 77.8 Å². The third-order valence-corrected chi connectivity index (χ3v) is 5.72. The van der Waals surface area contributed by atoms with Crippen LogP contribution in [-0.2, 0) is 16.0 Å². The summed E-state index contributed by atoms with van der Waals surface area (Å²) in [7, 11) is 0. The molecule has 1 unspecified atom stereocenters. The van der Waals surface area contributed by atoms with Gasteiger partial charge in [-0.1, -0.05) is 78.7 Å². The van der Waals surface area contributed by atoms with Crippen LogP contribution in [0.1, 0.15) is 30.0 Å². The zero-order chi connectivity index (χ0) is 23.4. The molecule has 0 aromatic heterocycles. The summed E-state index contributed by atoms with van der Waals surface area (Å²) in [5.41, 5.74) is 3.83. The van der Waals surface area contributed by atoms with E-state index in [0.29, 0.717) is 27.9 Å². The molecule has 0 radical (unpaired) electrons. The van der Waals surface area contributed by atoms with Crippen LogP contribution in [0.3, 0.4) is 0 Å². The van der Waals surface area contributed by atoms with Crippen LogP contribution in [0.4, 0.5) is 5.69 Å². The lowest BCUT2D eigenvalue weighted by atomic mass is 10.0. The average molecular weight is 480 g/mol. The molecule has 168 valence electrons. The van der Waals surface area contributed by atoms with Crippen molar-refractivity contribution in [3.8, 4) is 0 Å². The van der Waals surface area contributed by atoms with Crippen LogP contribution in [0.25, 0.3) is 0 Å². The molecule has 4 rings (SSSR count). The van der Waals surface area contributed by atoms with Gasteiger partial charge in [0.15, 0.2) is 0 Å². The monoisotopic (exact) mass is 479 g/mol. The quantitative estimate of drug-likeness (QED) is 0.523. The highest BCUT2D eigenvalue weighted by molar-refractivity contribution is 6.34. The van der Waals surface area contributed by atoms with Gasteiger partial charge in [0.05, 0.1) is 17.8 Å². The number of benzene rings is 3. The number of carbonyl (C=O) groups excluding carboxylic acids is 2. The van der Waals surface area contributed by atoms with Gasteiger partial charge in [-0.25, -0.2) is 4.99 Å². The summed E-state index contributed by atoms with van der Waals surface area (Å²) < 4.78 is 0. The number of anilines is 1. The van der Waals surface area contributed by atoms with E-state index in [1.165, 1.54) is 0 Å². The Labute approximate surface area is 203 Å². The number of hydrogen-bond acceptors (Lipinski definition) is 3. The molecular weight excluding hydrogens is 457 g/mol. The van der Waals surface area contributed by atoms with Gasteiger partial charge in [-0.2, -0.15) is 0 Å². The molecule has 7 heteroatoms. The first-order chi connectivity index (χ1) is 16.0. The van der Waals surface area contributed by atoms with Crippen LogP contribution in [0, 0.1) is 0 Å². The Kier molecular flexibility index (Phi) is 7.11. The van der Waals surface area contributed by atoms with E-state index in [9.17, 15) is 9.59 Å². The van der Waals surface area contributed by atoms with Crippen molar-refractivity contribution < 1.29 is 9.59 Å². The standard InChI is InChI=1S/C26H23Cl2N3O2/c1-2-12-31-22-11-7-6-10-21(22)24(18-8-4-3-5-9-18)30-25(26(31)33)29-23(32)15-17-13-19(27)16-20(28)14-17/h3-11,13-14,16,25H,2,12,15H2,1H3,(H,29,32). The normalized spacial score (nSPS) is 15.5. The van der Waals surface area contributed by atoms with E-state index < -0.39 is 6.17 Å². The SMILES string of the molecule is CCCN1C(=O)C(NC(=O)Cc2cc(Cl)cc(Cl)c2)N=C(c2ccccc2)c2ccccc21. The molecule has 2 amide bonds. The summed E-state index contributed by atoms with van der Waals surface area (Å²) in [6.07, 6.45) is -0.259. The van der Waals surface area contributed by atoms with E-state index in [0.717, 1.165) is 23.2 Å². The number of carbonyl (C=O) groups is 2. The van der Waals surface area contributed by atoms with E-state index in [4.69, 9.17) is 28.2 Å². The van der Waals surface area contributed by atoms with Crippen molar-refractivity contribution >= 4 is 46.4 Å². The Hall–Kier alpha value is -3.15. The van der Waals surface area contributed by atoms with Crippen molar-refractivity contribution in [3.63, 3.8) is 0 Å². The summed E-state index contributed by atoms with van der Waals surface area (Å²) in [6.45, 7) is 2.53. The van der Waals surface area contributed by atoms with Gasteiger partial charge in [0.2, 0.25) is 12.1 Å². The van der Waals surface area contributed by atoms with E-state index in [1.54, 1.807) is 23.1 Å². The summed E-state index contributed by atoms with van der Waals surface area (Å²) in [5, 5.41) is 3.71. The van der Waals surface area contributed by atoms with Gasteiger partial charge in [-0.3, -0.25) is 9.59 Å². The maximum atomic E-state index is 13.5. The first-order valence-corrected chi connectivity index (χ1v) is 11.5. The van der Waals surface area contributed by atoms with Crippen molar-refractivity contribution in [2.45, 2.75) is 25.9 Å². The second-order valence-electron chi connectivity index (χ2n) is 7.78. The number of fused-ring (bicyclic) bond motifs is 1. The molecule has 3 aromatic carbocycles. The minimum atomic E-state index is -1.05. The first kappa shape index (κ1) is 23.0. The van der Waals surface area contributed by atoms with Crippen LogP contribution >= 0.6 is 23.2 Å². The Balaban J connectivity index is 1.71. The van der Waals surface area contributed by atoms with Gasteiger partial charge in [-0.05, 0) is 36.2 Å². The Morgan fingerprint density at radius 3 is 2.36 bits per heavy atom. The number of hydrogen-bond donors (Lipinski definition) is 1. The third-order valence-electron chi connectivity index (χ3n) is 5.29. The highest BCUT2D eigenvalue weighted by Crippen LogP contribution is 2.28. The maximum Gasteiger partial charge on any atom is 0.272 e. The van der Waals surface area contributed by atoms with Gasteiger partial charge in [0, 0.05) is 27.7 Å². The number of nitrogens with zero attached hydrogens (tertiary/aromatic N) is 2. The minimum absolute atomic E-state index is 0.0287. The van der Waals surface area contributed by atoms with Gasteiger partial charge in [0.1, 0.15) is 0 Å². The van der Waals surface area contributed by atoms with Crippen molar-refractivity contribution in [1.82, 2.24) is 5.32 Å². The lowest BCUT2D eigenvalue weighted by Gasteiger charge is -2.25. The largest absolute Gasteiger partial charge is 0.326 e. The third kappa shape index (κ3) is 5.27. The molecule has 1 heterocycles. The number of rotatable bonds is 6. The number of halogens is 2. The molecule has 33 heavy (non-hydrogen) atoms. The molecule has 1 aliphatic rings. The highest BCUT2D eigenvalue weighted by Gasteiger charge is 2.32. The zero-order valence-electron chi connectivity index (χ0n) is 18.1. The second kappa shape index (κ2) is 10.2. The van der Waals surface area contributed by atoms with Crippen molar-refractivity contribution in [2.75, 3.05) is 11.4 Å². The van der Waals surface area contributed by atoms with E-state index in [1.807, 2.05) is 61.5 Å². The lowest BCUT2D eigenvalue weighted by Crippen LogP contribution is -2.48. The fraction of sp³-hybridized carbons (Fsp3) is 0.192. The van der Waals surface area contributed by atoms with Crippen molar-refractivity contribution in [2.24, 2.45) is 4.99 Å². The van der Waals surface area contributed by atoms with Gasteiger partial charge >= 0.3 is 0 Å². The Morgan fingerprint density at radius 2 is 1.67 bits per heavy atom. The van der Waals surface area contributed by atoms with Crippen LogP contribution in [0.2, 0.25) is 10.0 Å². The molecule has 1 N–H and O–H groups in total. The number of para-hydroxylation sites is 1. The van der Waals surface area contributed by atoms with Gasteiger partial charge in [-0.15, -0.1) is 0 Å². The van der Waals surface area contributed by atoms with E-state index >= 15 is 0 Å². The molecule has 0 saturated heterocycles. The maximum absolute atomic E-state index is 13.5. The number of aliphatic imine (C=N–C) groups is 1. The highest BCUT2D eigenvalue weighted by atomic mass is 35.5. The van der Waals surface area contributed by atoms with Crippen molar-refractivity contribution in [3.05, 3.63) is 99.5 Å². The number of nitrogens with one attached hydrogen (secondary N) is 1. The number of benzodiazepines with no additional fused rings is 1. The van der Waals surface area contributed by atoms with Crippen LogP contribution in [0.5, 0.6) is 0 Å². The molecule has 0 saturated carbocycles. The molecule has 1 atom stereocenters. The molecule has 0 spiro atoms. The van der Waals surface area contributed by atoms with Gasteiger partial charge < -0.3 is 10.2 Å². The number of amides is 2. The summed E-state index contributed by atoms with van der Waals surface area (Å²) >= 11 is 12.1. The molecule has 0 aliphatic carbocycles. The topological polar surface area (TPSA) is 61.8 Å². The molecule has 3 aromatic rings. The summed E-state index contributed by atoms with van der Waals surface area (Å²) in [6, 6.07) is 22.3. The van der Waals surface area contributed by atoms with Crippen molar-refractivity contribution in [1.29, 1.82) is 0 Å². The first-order valence-electron chi connectivity index (χ1n) is 10.7. The minimum Gasteiger partial charge on any atom is -0.326 e. The second-order valence-corrected chi connectivity index (χ2v) is 8.65. The zero-order valence-corrected chi connectivity index (χ0v) is 19.6. The van der Waals surface area contributed by atoms with Crippen LogP contribution < -0.4 is 10.2 Å². The fourth-order valence-electron chi connectivity index (χ4n) is 3.91.